The monoisotopic (exact) mass is 496 g/mol. The Morgan fingerprint density at radius 2 is 1.81 bits per heavy atom. The van der Waals surface area contributed by atoms with Crippen molar-refractivity contribution in [3.63, 3.8) is 0 Å². The Hall–Kier alpha value is -4.00. The van der Waals surface area contributed by atoms with Crippen LogP contribution in [0.1, 0.15) is 48.1 Å². The van der Waals surface area contributed by atoms with Crippen molar-refractivity contribution in [1.29, 1.82) is 0 Å². The Labute approximate surface area is 217 Å². The lowest BCUT2D eigenvalue weighted by molar-refractivity contribution is 0.0941. The molecule has 7 heteroatoms. The molecule has 2 atom stereocenters. The molecule has 0 spiro atoms. The number of nitrogens with one attached hydrogen (secondary N) is 1. The number of aromatic nitrogens is 2. The van der Waals surface area contributed by atoms with E-state index in [1.165, 1.54) is 18.5 Å². The summed E-state index contributed by atoms with van der Waals surface area (Å²) in [5.74, 6) is 2.42. The molecule has 2 fully saturated rings. The SMILES string of the molecule is C[C@H](NC(=O)c1cnn2ccccc12)c1ccc(O[C@@H]2CCN(c3ccc(OCC4CC4)cc3)C2)cc1. The minimum absolute atomic E-state index is 0.136. The number of pyridine rings is 1. The van der Waals surface area contributed by atoms with Crippen molar-refractivity contribution in [3.8, 4) is 11.5 Å². The molecule has 2 aliphatic rings. The molecule has 4 aromatic rings. The van der Waals surface area contributed by atoms with Crippen molar-refractivity contribution in [3.05, 3.63) is 90.3 Å². The summed E-state index contributed by atoms with van der Waals surface area (Å²) >= 11 is 0. The fraction of sp³-hybridized carbons (Fsp3) is 0.333. The third kappa shape index (κ3) is 5.40. The number of hydrogen-bond donors (Lipinski definition) is 1. The second kappa shape index (κ2) is 10.2. The van der Waals surface area contributed by atoms with E-state index in [1.54, 1.807) is 10.7 Å². The van der Waals surface area contributed by atoms with Crippen LogP contribution < -0.4 is 19.7 Å². The zero-order valence-corrected chi connectivity index (χ0v) is 21.0. The summed E-state index contributed by atoms with van der Waals surface area (Å²) in [7, 11) is 0. The Morgan fingerprint density at radius 3 is 2.59 bits per heavy atom. The quantitative estimate of drug-likeness (QED) is 0.342. The van der Waals surface area contributed by atoms with E-state index < -0.39 is 0 Å². The van der Waals surface area contributed by atoms with Gasteiger partial charge in [-0.15, -0.1) is 0 Å². The third-order valence-corrected chi connectivity index (χ3v) is 7.23. The van der Waals surface area contributed by atoms with E-state index >= 15 is 0 Å². The fourth-order valence-electron chi connectivity index (χ4n) is 4.81. The first-order chi connectivity index (χ1) is 18.1. The highest BCUT2D eigenvalue weighted by Gasteiger charge is 2.25. The predicted octanol–water partition coefficient (Wildman–Crippen LogP) is 5.27. The second-order valence-electron chi connectivity index (χ2n) is 10.1. The van der Waals surface area contributed by atoms with Crippen LogP contribution in [-0.4, -0.2) is 41.3 Å². The van der Waals surface area contributed by atoms with Gasteiger partial charge in [-0.05, 0) is 79.8 Å². The minimum Gasteiger partial charge on any atom is -0.493 e. The van der Waals surface area contributed by atoms with Gasteiger partial charge in [0.05, 0.1) is 36.5 Å². The molecule has 1 amide bonds. The third-order valence-electron chi connectivity index (χ3n) is 7.23. The molecule has 6 rings (SSSR count). The smallest absolute Gasteiger partial charge is 0.255 e. The van der Waals surface area contributed by atoms with Gasteiger partial charge < -0.3 is 19.7 Å². The molecule has 1 aliphatic carbocycles. The molecule has 2 aromatic heterocycles. The molecule has 1 saturated heterocycles. The normalized spacial score (nSPS) is 18.1. The summed E-state index contributed by atoms with van der Waals surface area (Å²) in [4.78, 5) is 15.2. The standard InChI is InChI=1S/C30H32N4O3/c1-21(32-30(35)28-18-31-34-16-3-2-4-29(28)34)23-7-11-26(12-8-23)37-27-15-17-33(19-27)24-9-13-25(14-10-24)36-20-22-5-6-22/h2-4,7-14,16,18,21-22,27H,5-6,15,17,19-20H2,1H3,(H,32,35)/t21-,27+/m0/s1. The number of rotatable bonds is 9. The first kappa shape index (κ1) is 23.4. The molecule has 0 radical (unpaired) electrons. The van der Waals surface area contributed by atoms with E-state index in [9.17, 15) is 4.79 Å². The Balaban J connectivity index is 1.01. The van der Waals surface area contributed by atoms with Gasteiger partial charge in [0, 0.05) is 24.8 Å². The van der Waals surface area contributed by atoms with Gasteiger partial charge in [-0.25, -0.2) is 4.52 Å². The van der Waals surface area contributed by atoms with E-state index in [1.807, 2.05) is 55.6 Å². The molecule has 7 nitrogen and oxygen atoms in total. The molecule has 2 aromatic carbocycles. The molecule has 1 N–H and O–H groups in total. The number of carbonyl (C=O) groups is 1. The highest BCUT2D eigenvalue weighted by Crippen LogP contribution is 2.30. The number of anilines is 1. The van der Waals surface area contributed by atoms with Gasteiger partial charge in [0.2, 0.25) is 0 Å². The van der Waals surface area contributed by atoms with Crippen molar-refractivity contribution in [2.75, 3.05) is 24.6 Å². The maximum Gasteiger partial charge on any atom is 0.255 e. The Bertz CT molecular complexity index is 1360. The van der Waals surface area contributed by atoms with Gasteiger partial charge in [-0.3, -0.25) is 4.79 Å². The fourth-order valence-corrected chi connectivity index (χ4v) is 4.81. The number of amides is 1. The van der Waals surface area contributed by atoms with Gasteiger partial charge in [0.15, 0.2) is 0 Å². The number of fused-ring (bicyclic) bond motifs is 1. The van der Waals surface area contributed by atoms with Crippen LogP contribution in [0.4, 0.5) is 5.69 Å². The average molecular weight is 497 g/mol. The maximum absolute atomic E-state index is 12.8. The van der Waals surface area contributed by atoms with Crippen LogP contribution in [-0.2, 0) is 0 Å². The molecular weight excluding hydrogens is 464 g/mol. The Morgan fingerprint density at radius 1 is 1.03 bits per heavy atom. The lowest BCUT2D eigenvalue weighted by Crippen LogP contribution is -2.26. The summed E-state index contributed by atoms with van der Waals surface area (Å²) in [6, 6.07) is 22.0. The van der Waals surface area contributed by atoms with Crippen LogP contribution in [0, 0.1) is 5.92 Å². The zero-order valence-electron chi connectivity index (χ0n) is 21.0. The second-order valence-corrected chi connectivity index (χ2v) is 10.1. The van der Waals surface area contributed by atoms with Gasteiger partial charge in [-0.2, -0.15) is 5.10 Å². The summed E-state index contributed by atoms with van der Waals surface area (Å²) in [5, 5.41) is 7.33. The molecule has 1 aliphatic heterocycles. The lowest BCUT2D eigenvalue weighted by atomic mass is 10.1. The van der Waals surface area contributed by atoms with Crippen molar-refractivity contribution in [2.24, 2.45) is 5.92 Å². The topological polar surface area (TPSA) is 68.1 Å². The van der Waals surface area contributed by atoms with Crippen LogP contribution in [0.2, 0.25) is 0 Å². The number of benzene rings is 2. The Kier molecular flexibility index (Phi) is 6.43. The van der Waals surface area contributed by atoms with E-state index in [0.29, 0.717) is 5.56 Å². The molecule has 3 heterocycles. The molecule has 190 valence electrons. The highest BCUT2D eigenvalue weighted by molar-refractivity contribution is 6.00. The maximum atomic E-state index is 12.8. The zero-order chi connectivity index (χ0) is 25.2. The first-order valence-electron chi connectivity index (χ1n) is 13.1. The van der Waals surface area contributed by atoms with E-state index in [-0.39, 0.29) is 18.1 Å². The van der Waals surface area contributed by atoms with E-state index in [4.69, 9.17) is 9.47 Å². The lowest BCUT2D eigenvalue weighted by Gasteiger charge is -2.20. The molecular formula is C30H32N4O3. The number of hydrogen-bond acceptors (Lipinski definition) is 5. The molecule has 0 unspecified atom stereocenters. The summed E-state index contributed by atoms with van der Waals surface area (Å²) < 4.78 is 13.8. The van der Waals surface area contributed by atoms with E-state index in [2.05, 4.69) is 39.6 Å². The average Bonchev–Trinajstić information content (AvgIpc) is 3.47. The van der Waals surface area contributed by atoms with Crippen molar-refractivity contribution < 1.29 is 14.3 Å². The van der Waals surface area contributed by atoms with Gasteiger partial charge >= 0.3 is 0 Å². The van der Waals surface area contributed by atoms with Crippen molar-refractivity contribution >= 4 is 17.1 Å². The van der Waals surface area contributed by atoms with Gasteiger partial charge in [0.25, 0.3) is 5.91 Å². The molecule has 37 heavy (non-hydrogen) atoms. The van der Waals surface area contributed by atoms with Crippen molar-refractivity contribution in [2.45, 2.75) is 38.3 Å². The minimum atomic E-state index is -0.140. The summed E-state index contributed by atoms with van der Waals surface area (Å²) in [5.41, 5.74) is 3.59. The molecule has 0 bridgehead atoms. The highest BCUT2D eigenvalue weighted by atomic mass is 16.5. The number of nitrogens with zero attached hydrogens (tertiary/aromatic N) is 3. The van der Waals surface area contributed by atoms with Crippen LogP contribution in [0.3, 0.4) is 0 Å². The van der Waals surface area contributed by atoms with Gasteiger partial charge in [0.1, 0.15) is 17.6 Å². The summed E-state index contributed by atoms with van der Waals surface area (Å²) in [6.45, 7) is 4.65. The largest absolute Gasteiger partial charge is 0.493 e. The van der Waals surface area contributed by atoms with Crippen LogP contribution >= 0.6 is 0 Å². The van der Waals surface area contributed by atoms with Crippen LogP contribution in [0.25, 0.3) is 5.52 Å². The van der Waals surface area contributed by atoms with E-state index in [0.717, 1.165) is 54.6 Å². The first-order valence-corrected chi connectivity index (χ1v) is 13.1. The number of ether oxygens (including phenoxy) is 2. The predicted molar refractivity (Wildman–Crippen MR) is 143 cm³/mol. The molecule has 1 saturated carbocycles. The summed E-state index contributed by atoms with van der Waals surface area (Å²) in [6.07, 6.45) is 7.17. The van der Waals surface area contributed by atoms with Gasteiger partial charge in [-0.1, -0.05) is 18.2 Å². The van der Waals surface area contributed by atoms with Crippen molar-refractivity contribution in [1.82, 2.24) is 14.9 Å². The van der Waals surface area contributed by atoms with Crippen LogP contribution in [0.5, 0.6) is 11.5 Å². The van der Waals surface area contributed by atoms with Crippen LogP contribution in [0.15, 0.2) is 79.1 Å². The number of carbonyl (C=O) groups excluding carboxylic acids is 1.